The number of rotatable bonds is 5. The van der Waals surface area contributed by atoms with Crippen molar-refractivity contribution in [3.63, 3.8) is 0 Å². The van der Waals surface area contributed by atoms with Gasteiger partial charge in [0, 0.05) is 39.5 Å². The maximum absolute atomic E-state index is 5.43. The summed E-state index contributed by atoms with van der Waals surface area (Å²) in [6.07, 6.45) is 3.28. The Kier molecular flexibility index (Phi) is 3.54. The van der Waals surface area contributed by atoms with E-state index in [-0.39, 0.29) is 5.60 Å². The van der Waals surface area contributed by atoms with Crippen LogP contribution in [0.25, 0.3) is 0 Å². The Morgan fingerprint density at radius 2 is 2.06 bits per heavy atom. The highest BCUT2D eigenvalue weighted by Gasteiger charge is 2.37. The van der Waals surface area contributed by atoms with Gasteiger partial charge in [-0.25, -0.2) is 0 Å². The topological polar surface area (TPSA) is 30.3 Å². The lowest BCUT2D eigenvalue weighted by Gasteiger charge is -2.47. The Morgan fingerprint density at radius 1 is 1.35 bits per heavy atom. The minimum atomic E-state index is 0.0961. The van der Waals surface area contributed by atoms with Gasteiger partial charge in [0.1, 0.15) is 0 Å². The number of hydrogen-bond acceptors (Lipinski definition) is 3. The molecule has 17 heavy (non-hydrogen) atoms. The zero-order valence-corrected chi connectivity index (χ0v) is 11.4. The Labute approximate surface area is 104 Å². The van der Waals surface area contributed by atoms with E-state index in [0.29, 0.717) is 0 Å². The second kappa shape index (κ2) is 4.78. The number of ether oxygens (including phenoxy) is 1. The summed E-state index contributed by atoms with van der Waals surface area (Å²) in [5.41, 5.74) is 2.51. The number of aromatic nitrogens is 2. The van der Waals surface area contributed by atoms with Gasteiger partial charge >= 0.3 is 0 Å². The third-order valence-corrected chi connectivity index (χ3v) is 3.66. The summed E-state index contributed by atoms with van der Waals surface area (Å²) in [6, 6.07) is 0. The van der Waals surface area contributed by atoms with E-state index in [2.05, 4.69) is 41.6 Å². The summed E-state index contributed by atoms with van der Waals surface area (Å²) in [4.78, 5) is 2.44. The summed E-state index contributed by atoms with van der Waals surface area (Å²) in [5.74, 6) is 0. The normalized spacial score (nSPS) is 19.3. The molecule has 4 nitrogen and oxygen atoms in total. The molecular weight excluding hydrogens is 214 g/mol. The van der Waals surface area contributed by atoms with Crippen LogP contribution in [0.4, 0.5) is 0 Å². The van der Waals surface area contributed by atoms with E-state index in [4.69, 9.17) is 4.74 Å². The van der Waals surface area contributed by atoms with Gasteiger partial charge in [-0.05, 0) is 32.8 Å². The Balaban J connectivity index is 1.68. The number of likely N-dealkylation sites (tertiary alicyclic amines) is 1. The predicted molar refractivity (Wildman–Crippen MR) is 68.2 cm³/mol. The summed E-state index contributed by atoms with van der Waals surface area (Å²) in [7, 11) is 1.80. The molecule has 2 heterocycles. The highest BCUT2D eigenvalue weighted by atomic mass is 16.5. The molecule has 1 aliphatic heterocycles. The number of aryl methyl sites for hydroxylation is 3. The highest BCUT2D eigenvalue weighted by molar-refractivity contribution is 5.12. The van der Waals surface area contributed by atoms with Crippen LogP contribution in [0, 0.1) is 13.8 Å². The SMILES string of the molecule is COC1(C)CN(CCCn2cc(C)c(C)n2)C1. The van der Waals surface area contributed by atoms with Crippen molar-refractivity contribution in [2.75, 3.05) is 26.7 Å². The zero-order valence-electron chi connectivity index (χ0n) is 11.4. The molecule has 2 rings (SSSR count). The van der Waals surface area contributed by atoms with Crippen molar-refractivity contribution in [1.82, 2.24) is 14.7 Å². The number of hydrogen-bond donors (Lipinski definition) is 0. The first-order valence-corrected chi connectivity index (χ1v) is 6.30. The average Bonchev–Trinajstić information content (AvgIpc) is 2.55. The quantitative estimate of drug-likeness (QED) is 0.779. The van der Waals surface area contributed by atoms with Crippen LogP contribution >= 0.6 is 0 Å². The van der Waals surface area contributed by atoms with Crippen LogP contribution in [-0.4, -0.2) is 47.0 Å². The van der Waals surface area contributed by atoms with Crippen LogP contribution in [0.15, 0.2) is 6.20 Å². The Bertz CT molecular complexity index is 361. The monoisotopic (exact) mass is 237 g/mol. The number of nitrogens with zero attached hydrogens (tertiary/aromatic N) is 3. The lowest BCUT2D eigenvalue weighted by atomic mass is 9.96. The van der Waals surface area contributed by atoms with E-state index in [0.717, 1.165) is 38.3 Å². The lowest BCUT2D eigenvalue weighted by molar-refractivity contribution is -0.111. The number of methoxy groups -OCH3 is 1. The first-order chi connectivity index (χ1) is 8.02. The smallest absolute Gasteiger partial charge is 0.0903 e. The van der Waals surface area contributed by atoms with Crippen molar-refractivity contribution >= 4 is 0 Å². The van der Waals surface area contributed by atoms with E-state index >= 15 is 0 Å². The van der Waals surface area contributed by atoms with Gasteiger partial charge in [-0.2, -0.15) is 5.10 Å². The van der Waals surface area contributed by atoms with E-state index in [1.807, 2.05) is 0 Å². The summed E-state index contributed by atoms with van der Waals surface area (Å²) >= 11 is 0. The molecule has 1 aromatic rings. The maximum Gasteiger partial charge on any atom is 0.0903 e. The summed E-state index contributed by atoms with van der Waals surface area (Å²) < 4.78 is 7.48. The predicted octanol–water partition coefficient (Wildman–Crippen LogP) is 1.61. The van der Waals surface area contributed by atoms with Crippen LogP contribution in [-0.2, 0) is 11.3 Å². The van der Waals surface area contributed by atoms with Crippen LogP contribution in [0.1, 0.15) is 24.6 Å². The molecule has 0 bridgehead atoms. The van der Waals surface area contributed by atoms with Crippen molar-refractivity contribution in [2.45, 2.75) is 39.3 Å². The summed E-state index contributed by atoms with van der Waals surface area (Å²) in [6.45, 7) is 10.6. The van der Waals surface area contributed by atoms with Gasteiger partial charge in [0.05, 0.1) is 11.3 Å². The van der Waals surface area contributed by atoms with Gasteiger partial charge in [-0.1, -0.05) is 0 Å². The van der Waals surface area contributed by atoms with E-state index < -0.39 is 0 Å². The third kappa shape index (κ3) is 2.87. The third-order valence-electron chi connectivity index (χ3n) is 3.66. The molecule has 1 saturated heterocycles. The highest BCUT2D eigenvalue weighted by Crippen LogP contribution is 2.23. The average molecular weight is 237 g/mol. The largest absolute Gasteiger partial charge is 0.376 e. The molecule has 0 amide bonds. The second-order valence-electron chi connectivity index (χ2n) is 5.38. The Morgan fingerprint density at radius 3 is 2.59 bits per heavy atom. The molecule has 1 aromatic heterocycles. The van der Waals surface area contributed by atoms with E-state index in [1.165, 1.54) is 5.56 Å². The van der Waals surface area contributed by atoms with Crippen LogP contribution in [0.5, 0.6) is 0 Å². The Hall–Kier alpha value is -0.870. The van der Waals surface area contributed by atoms with Crippen molar-refractivity contribution in [3.8, 4) is 0 Å². The molecule has 96 valence electrons. The molecule has 0 atom stereocenters. The molecule has 0 N–H and O–H groups in total. The molecule has 1 aliphatic rings. The minimum absolute atomic E-state index is 0.0961. The molecule has 0 unspecified atom stereocenters. The molecule has 0 saturated carbocycles. The van der Waals surface area contributed by atoms with Gasteiger partial charge in [0.15, 0.2) is 0 Å². The zero-order chi connectivity index (χ0) is 12.5. The standard InChI is InChI=1S/C13H23N3O/c1-11-8-16(14-12(11)2)7-5-6-15-9-13(3,10-15)17-4/h8H,5-7,9-10H2,1-4H3. The molecule has 0 radical (unpaired) electrons. The molecule has 0 aliphatic carbocycles. The minimum Gasteiger partial charge on any atom is -0.376 e. The van der Waals surface area contributed by atoms with Crippen molar-refractivity contribution in [1.29, 1.82) is 0 Å². The van der Waals surface area contributed by atoms with Crippen LogP contribution in [0.2, 0.25) is 0 Å². The summed E-state index contributed by atoms with van der Waals surface area (Å²) in [5, 5.41) is 4.47. The molecule has 4 heteroatoms. The fourth-order valence-electron chi connectivity index (χ4n) is 2.38. The van der Waals surface area contributed by atoms with E-state index in [9.17, 15) is 0 Å². The second-order valence-corrected chi connectivity index (χ2v) is 5.38. The lowest BCUT2D eigenvalue weighted by Crippen LogP contribution is -2.60. The fraction of sp³-hybridized carbons (Fsp3) is 0.769. The first-order valence-electron chi connectivity index (χ1n) is 6.30. The van der Waals surface area contributed by atoms with Crippen LogP contribution < -0.4 is 0 Å². The maximum atomic E-state index is 5.43. The fourth-order valence-corrected chi connectivity index (χ4v) is 2.38. The van der Waals surface area contributed by atoms with Gasteiger partial charge in [-0.15, -0.1) is 0 Å². The van der Waals surface area contributed by atoms with E-state index in [1.54, 1.807) is 7.11 Å². The van der Waals surface area contributed by atoms with Crippen molar-refractivity contribution < 1.29 is 4.74 Å². The van der Waals surface area contributed by atoms with Crippen LogP contribution in [0.3, 0.4) is 0 Å². The van der Waals surface area contributed by atoms with Crippen molar-refractivity contribution in [3.05, 3.63) is 17.5 Å². The molecule has 0 spiro atoms. The van der Waals surface area contributed by atoms with Gasteiger partial charge in [0.25, 0.3) is 0 Å². The van der Waals surface area contributed by atoms with Gasteiger partial charge in [-0.3, -0.25) is 9.58 Å². The molecule has 0 aromatic carbocycles. The molecule has 1 fully saturated rings. The molecular formula is C13H23N3O. The first kappa shape index (κ1) is 12.6. The van der Waals surface area contributed by atoms with Gasteiger partial charge < -0.3 is 4.74 Å². The van der Waals surface area contributed by atoms with Gasteiger partial charge in [0.2, 0.25) is 0 Å². The van der Waals surface area contributed by atoms with Crippen molar-refractivity contribution in [2.24, 2.45) is 0 Å².